The number of nitriles is 1. The molecule has 1 heterocycles. The molecule has 14 heteroatoms. The molecule has 13 nitrogen and oxygen atoms in total. The van der Waals surface area contributed by atoms with Gasteiger partial charge in [0.15, 0.2) is 6.23 Å². The molecule has 0 amide bonds. The number of hydrogen-bond donors (Lipinski definition) is 3. The van der Waals surface area contributed by atoms with Crippen LogP contribution >= 0.6 is 7.75 Å². The third-order valence-electron chi connectivity index (χ3n) is 4.94. The minimum absolute atomic E-state index is 0.0926. The smallest absolute Gasteiger partial charge is 0.459 e. The summed E-state index contributed by atoms with van der Waals surface area (Å²) in [5.74, 6) is -0.396. The maximum Gasteiger partial charge on any atom is 0.459 e. The molecule has 0 saturated heterocycles. The summed E-state index contributed by atoms with van der Waals surface area (Å²) in [7, 11) is -4.26. The number of carbonyl (C=O) groups excluding carboxylic acids is 1. The molecular formula is C24H33N4O9P. The van der Waals surface area contributed by atoms with E-state index in [2.05, 4.69) is 10.1 Å². The average molecular weight is 553 g/mol. The van der Waals surface area contributed by atoms with Gasteiger partial charge in [-0.3, -0.25) is 23.7 Å². The van der Waals surface area contributed by atoms with Crippen molar-refractivity contribution in [3.05, 3.63) is 63.4 Å². The summed E-state index contributed by atoms with van der Waals surface area (Å²) in [6, 6.07) is 9.96. The summed E-state index contributed by atoms with van der Waals surface area (Å²) in [6.07, 6.45) is -2.79. The second-order valence-electron chi connectivity index (χ2n) is 8.82. The summed E-state index contributed by atoms with van der Waals surface area (Å²) in [5, 5.41) is 22.1. The van der Waals surface area contributed by atoms with Crippen LogP contribution in [0.3, 0.4) is 0 Å². The van der Waals surface area contributed by atoms with E-state index in [1.54, 1.807) is 18.2 Å². The van der Waals surface area contributed by atoms with E-state index in [9.17, 15) is 29.3 Å². The molecule has 208 valence electrons. The predicted molar refractivity (Wildman–Crippen MR) is 136 cm³/mol. The highest BCUT2D eigenvalue weighted by molar-refractivity contribution is 7.52. The van der Waals surface area contributed by atoms with Crippen molar-refractivity contribution in [3.63, 3.8) is 0 Å². The predicted octanol–water partition coefficient (Wildman–Crippen LogP) is 2.10. The highest BCUT2D eigenvalue weighted by Gasteiger charge is 2.35. The van der Waals surface area contributed by atoms with Crippen LogP contribution in [0.1, 0.15) is 40.3 Å². The van der Waals surface area contributed by atoms with Gasteiger partial charge >= 0.3 is 19.4 Å². The molecule has 0 aliphatic rings. The van der Waals surface area contributed by atoms with E-state index in [1.165, 1.54) is 26.0 Å². The van der Waals surface area contributed by atoms with Crippen LogP contribution in [0.15, 0.2) is 52.2 Å². The number of nitrogens with zero attached hydrogens (tertiary/aromatic N) is 2. The number of aromatic amines is 1. The van der Waals surface area contributed by atoms with Gasteiger partial charge in [-0.25, -0.2) is 9.36 Å². The Labute approximate surface area is 219 Å². The number of nitrogens with one attached hydrogen (secondary N) is 2. The molecule has 1 aromatic heterocycles. The lowest BCUT2D eigenvalue weighted by Gasteiger charge is -2.28. The van der Waals surface area contributed by atoms with Crippen LogP contribution in [0, 0.1) is 17.2 Å². The number of aromatic nitrogens is 2. The first kappa shape index (κ1) is 31.0. The standard InChI is InChI=1S/C24H33N4O9P/c1-16(2)14-34-23(31)17(3)27-38(33,37-19-8-6-5-7-9-19)35-15-20(18(4)29)36-22(10-12-25)28-13-11-21(30)26-24(28)32/h5-9,11,13,16-18,20,22,29H,10,14-15H2,1-4H3,(H,27,33)(H,26,30,32)/t17-,18?,20+,22+,38+/m0/s1. The van der Waals surface area contributed by atoms with Crippen molar-refractivity contribution in [1.82, 2.24) is 14.6 Å². The van der Waals surface area contributed by atoms with Gasteiger partial charge in [0.2, 0.25) is 0 Å². The Bertz CT molecular complexity index is 1240. The van der Waals surface area contributed by atoms with Crippen LogP contribution in [0.25, 0.3) is 0 Å². The molecule has 1 aromatic carbocycles. The Morgan fingerprint density at radius 3 is 2.42 bits per heavy atom. The largest absolute Gasteiger partial charge is 0.464 e. The third kappa shape index (κ3) is 9.89. The first-order chi connectivity index (χ1) is 17.9. The Morgan fingerprint density at radius 1 is 1.16 bits per heavy atom. The summed E-state index contributed by atoms with van der Waals surface area (Å²) >= 11 is 0. The van der Waals surface area contributed by atoms with E-state index in [0.717, 1.165) is 16.8 Å². The maximum atomic E-state index is 13.7. The number of aliphatic hydroxyl groups excluding tert-OH is 1. The molecule has 2 rings (SSSR count). The van der Waals surface area contributed by atoms with Crippen LogP contribution in [-0.2, 0) is 23.4 Å². The topological polar surface area (TPSA) is 182 Å². The molecule has 5 atom stereocenters. The van der Waals surface area contributed by atoms with Gasteiger partial charge < -0.3 is 19.1 Å². The van der Waals surface area contributed by atoms with Gasteiger partial charge in [0.05, 0.1) is 31.8 Å². The second kappa shape index (κ2) is 14.6. The monoisotopic (exact) mass is 552 g/mol. The van der Waals surface area contributed by atoms with E-state index in [-0.39, 0.29) is 24.7 Å². The molecule has 0 saturated carbocycles. The van der Waals surface area contributed by atoms with Gasteiger partial charge in [-0.15, -0.1) is 0 Å². The SMILES string of the molecule is CC(C)COC(=O)[C@H](C)N[P@@](=O)(OC[C@@H](O[C@H](CC#N)n1ccc(=O)[nH]c1=O)C(C)O)Oc1ccccc1. The van der Waals surface area contributed by atoms with E-state index in [0.29, 0.717) is 0 Å². The molecule has 0 spiro atoms. The van der Waals surface area contributed by atoms with Crippen LogP contribution in [0.5, 0.6) is 5.75 Å². The lowest BCUT2D eigenvalue weighted by molar-refractivity contribution is -0.146. The number of para-hydroxylation sites is 1. The van der Waals surface area contributed by atoms with E-state index in [1.807, 2.05) is 19.9 Å². The average Bonchev–Trinajstić information content (AvgIpc) is 2.84. The number of aliphatic hydroxyl groups is 1. The highest BCUT2D eigenvalue weighted by atomic mass is 31.2. The Balaban J connectivity index is 2.24. The van der Waals surface area contributed by atoms with Crippen molar-refractivity contribution in [1.29, 1.82) is 5.26 Å². The van der Waals surface area contributed by atoms with Crippen LogP contribution in [0.4, 0.5) is 0 Å². The Morgan fingerprint density at radius 2 is 1.84 bits per heavy atom. The molecule has 1 unspecified atom stereocenters. The summed E-state index contributed by atoms with van der Waals surface area (Å²) in [4.78, 5) is 38.1. The zero-order valence-corrected chi connectivity index (χ0v) is 22.5. The number of rotatable bonds is 15. The van der Waals surface area contributed by atoms with Gasteiger partial charge in [-0.05, 0) is 31.9 Å². The van der Waals surface area contributed by atoms with Gasteiger partial charge in [-0.1, -0.05) is 32.0 Å². The number of hydrogen-bond acceptors (Lipinski definition) is 10. The number of H-pyrrole nitrogens is 1. The zero-order valence-electron chi connectivity index (χ0n) is 21.6. The minimum Gasteiger partial charge on any atom is -0.464 e. The summed E-state index contributed by atoms with van der Waals surface area (Å²) in [5.41, 5.74) is -1.46. The molecular weight excluding hydrogens is 519 g/mol. The number of benzene rings is 1. The van der Waals surface area contributed by atoms with Crippen molar-refractivity contribution in [2.24, 2.45) is 5.92 Å². The van der Waals surface area contributed by atoms with Gasteiger partial charge in [-0.2, -0.15) is 10.3 Å². The Kier molecular flexibility index (Phi) is 11.9. The lowest BCUT2D eigenvalue weighted by Crippen LogP contribution is -2.40. The summed E-state index contributed by atoms with van der Waals surface area (Å²) < 4.78 is 36.8. The molecule has 0 fully saturated rings. The number of ether oxygens (including phenoxy) is 2. The summed E-state index contributed by atoms with van der Waals surface area (Å²) in [6.45, 7) is 6.18. The molecule has 0 aliphatic carbocycles. The molecule has 2 aromatic rings. The fraction of sp³-hybridized carbons (Fsp3) is 0.500. The van der Waals surface area contributed by atoms with Crippen molar-refractivity contribution in [2.45, 2.75) is 58.6 Å². The van der Waals surface area contributed by atoms with E-state index >= 15 is 0 Å². The van der Waals surface area contributed by atoms with Crippen molar-refractivity contribution >= 4 is 13.7 Å². The van der Waals surface area contributed by atoms with Crippen molar-refractivity contribution < 1.29 is 33.0 Å². The van der Waals surface area contributed by atoms with Crippen LogP contribution < -0.4 is 20.9 Å². The molecule has 0 aliphatic heterocycles. The molecule has 0 radical (unpaired) electrons. The van der Waals surface area contributed by atoms with Crippen molar-refractivity contribution in [2.75, 3.05) is 13.2 Å². The van der Waals surface area contributed by atoms with Crippen molar-refractivity contribution in [3.8, 4) is 11.8 Å². The normalized spacial score (nSPS) is 16.0. The van der Waals surface area contributed by atoms with E-state index in [4.69, 9.17) is 18.5 Å². The fourth-order valence-corrected chi connectivity index (χ4v) is 4.49. The molecule has 3 N–H and O–H groups in total. The Hall–Kier alpha value is -3.27. The van der Waals surface area contributed by atoms with Gasteiger partial charge in [0.1, 0.15) is 17.9 Å². The first-order valence-corrected chi connectivity index (χ1v) is 13.4. The quantitative estimate of drug-likeness (QED) is 0.217. The molecule has 38 heavy (non-hydrogen) atoms. The van der Waals surface area contributed by atoms with E-state index < -0.39 is 56.0 Å². The van der Waals surface area contributed by atoms with Crippen LogP contribution in [0.2, 0.25) is 0 Å². The highest BCUT2D eigenvalue weighted by Crippen LogP contribution is 2.45. The zero-order chi connectivity index (χ0) is 28.3. The maximum absolute atomic E-state index is 13.7. The molecule has 0 bridgehead atoms. The third-order valence-corrected chi connectivity index (χ3v) is 6.58. The number of carbonyl (C=O) groups is 1. The van der Waals surface area contributed by atoms with Gasteiger partial charge in [0.25, 0.3) is 5.56 Å². The second-order valence-corrected chi connectivity index (χ2v) is 10.5. The lowest BCUT2D eigenvalue weighted by atomic mass is 10.2. The minimum atomic E-state index is -4.26. The first-order valence-electron chi connectivity index (χ1n) is 11.9. The van der Waals surface area contributed by atoms with Gasteiger partial charge in [0, 0.05) is 12.3 Å². The fourth-order valence-electron chi connectivity index (χ4n) is 2.98. The van der Waals surface area contributed by atoms with Crippen LogP contribution in [-0.4, -0.2) is 52.1 Å². The number of esters is 1.